The van der Waals surface area contributed by atoms with Crippen molar-refractivity contribution in [2.45, 2.75) is 231 Å². The van der Waals surface area contributed by atoms with Gasteiger partial charge < -0.3 is 25.2 Å². The van der Waals surface area contributed by atoms with E-state index in [9.17, 15) is 23.8 Å². The second kappa shape index (κ2) is 43.4. The highest BCUT2D eigenvalue weighted by Crippen LogP contribution is 2.43. The quantitative estimate of drug-likeness (QED) is 0.0230. The van der Waals surface area contributed by atoms with Gasteiger partial charge in [0.05, 0.1) is 13.2 Å². The van der Waals surface area contributed by atoms with Crippen molar-refractivity contribution in [2.24, 2.45) is 5.73 Å². The Kier molecular flexibility index (Phi) is 41.7. The molecule has 0 aromatic carbocycles. The van der Waals surface area contributed by atoms with Crippen LogP contribution in [0.3, 0.4) is 0 Å². The topological polar surface area (TPSA) is 172 Å². The number of phosphoric ester groups is 1. The molecule has 0 aromatic heterocycles. The molecule has 0 rings (SSSR count). The number of allylic oxidation sites excluding steroid dienone is 6. The van der Waals surface area contributed by atoms with Crippen LogP contribution in [0.15, 0.2) is 36.5 Å². The van der Waals surface area contributed by atoms with Crippen LogP contribution in [0.4, 0.5) is 0 Å². The van der Waals surface area contributed by atoms with Crippen LogP contribution in [0.5, 0.6) is 0 Å². The van der Waals surface area contributed by atoms with Gasteiger partial charge in [0, 0.05) is 12.8 Å². The van der Waals surface area contributed by atoms with E-state index in [1.165, 1.54) is 122 Å². The van der Waals surface area contributed by atoms with E-state index >= 15 is 0 Å². The minimum absolute atomic E-state index is 0.156. The summed E-state index contributed by atoms with van der Waals surface area (Å²) in [6, 6.07) is -1.52. The lowest BCUT2D eigenvalue weighted by atomic mass is 10.1. The van der Waals surface area contributed by atoms with Crippen LogP contribution in [0, 0.1) is 0 Å². The van der Waals surface area contributed by atoms with Crippen LogP contribution in [-0.2, 0) is 37.5 Å². The molecule has 0 radical (unpaired) electrons. The van der Waals surface area contributed by atoms with Crippen molar-refractivity contribution in [1.29, 1.82) is 0 Å². The summed E-state index contributed by atoms with van der Waals surface area (Å²) in [5.74, 6) is -2.38. The Bertz CT molecular complexity index is 1160. The fraction of sp³-hybridized carbons (Fsp3) is 0.812. The molecule has 0 heterocycles. The summed E-state index contributed by atoms with van der Waals surface area (Å²) >= 11 is 0. The highest BCUT2D eigenvalue weighted by atomic mass is 31.2. The third-order valence-electron chi connectivity index (χ3n) is 10.4. The predicted molar refractivity (Wildman–Crippen MR) is 245 cm³/mol. The van der Waals surface area contributed by atoms with Crippen molar-refractivity contribution < 1.29 is 47.5 Å². The number of esters is 2. The molecule has 0 aliphatic heterocycles. The fourth-order valence-electron chi connectivity index (χ4n) is 6.56. The van der Waals surface area contributed by atoms with E-state index in [1.54, 1.807) is 0 Å². The third kappa shape index (κ3) is 42.4. The number of rotatable bonds is 45. The maximum Gasteiger partial charge on any atom is 0.472 e. The Balaban J connectivity index is 4.30. The molecule has 350 valence electrons. The van der Waals surface area contributed by atoms with Gasteiger partial charge in [-0.15, -0.1) is 0 Å². The van der Waals surface area contributed by atoms with Gasteiger partial charge in [0.25, 0.3) is 0 Å². The first-order valence-electron chi connectivity index (χ1n) is 24.0. The lowest BCUT2D eigenvalue weighted by Gasteiger charge is -2.20. The predicted octanol–water partition coefficient (Wildman–Crippen LogP) is 13.2. The highest BCUT2D eigenvalue weighted by Gasteiger charge is 2.28. The Labute approximate surface area is 365 Å². The van der Waals surface area contributed by atoms with Gasteiger partial charge in [0.15, 0.2) is 6.10 Å². The number of carbonyl (C=O) groups excluding carboxylic acids is 2. The van der Waals surface area contributed by atoms with Crippen LogP contribution < -0.4 is 5.73 Å². The number of carbonyl (C=O) groups is 3. The van der Waals surface area contributed by atoms with E-state index in [2.05, 4.69) is 54.8 Å². The van der Waals surface area contributed by atoms with Gasteiger partial charge in [-0.3, -0.25) is 23.4 Å². The average molecular weight is 870 g/mol. The Hall–Kier alpha value is -2.30. The number of ether oxygens (including phenoxy) is 2. The standard InChI is InChI=1S/C48H88NO10P/c1-3-5-7-9-11-13-15-17-19-21-22-24-26-28-30-32-34-36-38-40-47(51)59-44(42-57-60(54,55)58-43-45(49)48(52)53)41-56-46(50)39-37-35-33-31-29-27-25-23-20-18-16-14-12-10-8-6-4-2/h11,13,17-20,44-45H,3-10,12,14-16,21-43,49H2,1-2H3,(H,52,53)(H,54,55)/b13-11+,19-17+,20-18+/t44-,45+/m1/s1. The Morgan fingerprint density at radius 1 is 0.517 bits per heavy atom. The molecular weight excluding hydrogens is 781 g/mol. The van der Waals surface area contributed by atoms with Crippen LogP contribution in [0.25, 0.3) is 0 Å². The van der Waals surface area contributed by atoms with Gasteiger partial charge in [-0.25, -0.2) is 4.57 Å². The highest BCUT2D eigenvalue weighted by molar-refractivity contribution is 7.47. The van der Waals surface area contributed by atoms with Crippen LogP contribution >= 0.6 is 7.82 Å². The molecule has 11 nitrogen and oxygen atoms in total. The van der Waals surface area contributed by atoms with Crippen molar-refractivity contribution in [3.05, 3.63) is 36.5 Å². The number of phosphoric acid groups is 1. The van der Waals surface area contributed by atoms with Crippen molar-refractivity contribution in [3.63, 3.8) is 0 Å². The number of carboxylic acids is 1. The van der Waals surface area contributed by atoms with Crippen LogP contribution in [0.1, 0.15) is 219 Å². The van der Waals surface area contributed by atoms with Crippen molar-refractivity contribution in [3.8, 4) is 0 Å². The number of unbranched alkanes of at least 4 members (excludes halogenated alkanes) is 25. The lowest BCUT2D eigenvalue weighted by molar-refractivity contribution is -0.161. The van der Waals surface area contributed by atoms with E-state index in [1.807, 2.05) is 0 Å². The number of hydrogen-bond acceptors (Lipinski definition) is 9. The van der Waals surface area contributed by atoms with Crippen LogP contribution in [0.2, 0.25) is 0 Å². The van der Waals surface area contributed by atoms with Crippen LogP contribution in [-0.4, -0.2) is 59.9 Å². The smallest absolute Gasteiger partial charge is 0.472 e. The number of hydrogen-bond donors (Lipinski definition) is 3. The van der Waals surface area contributed by atoms with Crippen molar-refractivity contribution >= 4 is 25.7 Å². The zero-order valence-electron chi connectivity index (χ0n) is 38.1. The summed E-state index contributed by atoms with van der Waals surface area (Å²) in [5, 5.41) is 8.91. The van der Waals surface area contributed by atoms with E-state index in [-0.39, 0.29) is 19.4 Å². The molecule has 12 heteroatoms. The summed E-state index contributed by atoms with van der Waals surface area (Å²) in [7, 11) is -4.72. The molecule has 0 saturated heterocycles. The molecule has 0 aliphatic rings. The monoisotopic (exact) mass is 870 g/mol. The molecule has 3 atom stereocenters. The summed E-state index contributed by atoms with van der Waals surface area (Å²) in [6.45, 7) is 2.79. The summed E-state index contributed by atoms with van der Waals surface area (Å²) in [4.78, 5) is 46.1. The Morgan fingerprint density at radius 3 is 1.35 bits per heavy atom. The second-order valence-electron chi connectivity index (χ2n) is 16.2. The molecule has 0 aliphatic carbocycles. The van der Waals surface area contributed by atoms with Gasteiger partial charge in [-0.2, -0.15) is 0 Å². The number of aliphatic carboxylic acids is 1. The molecule has 0 saturated carbocycles. The molecule has 1 unspecified atom stereocenters. The first-order chi connectivity index (χ1) is 29.1. The molecular formula is C48H88NO10P. The van der Waals surface area contributed by atoms with E-state index in [0.29, 0.717) is 12.8 Å². The fourth-order valence-corrected chi connectivity index (χ4v) is 7.34. The normalized spacial score (nSPS) is 13.9. The first kappa shape index (κ1) is 57.7. The lowest BCUT2D eigenvalue weighted by Crippen LogP contribution is -2.34. The molecule has 0 bridgehead atoms. The molecule has 0 spiro atoms. The van der Waals surface area contributed by atoms with Gasteiger partial charge in [-0.1, -0.05) is 172 Å². The minimum atomic E-state index is -4.72. The number of nitrogens with two attached hydrogens (primary N) is 1. The van der Waals surface area contributed by atoms with E-state index in [0.717, 1.165) is 57.8 Å². The maximum atomic E-state index is 12.7. The zero-order valence-corrected chi connectivity index (χ0v) is 38.9. The summed E-state index contributed by atoms with van der Waals surface area (Å²) in [5.41, 5.74) is 5.34. The molecule has 0 fully saturated rings. The molecule has 60 heavy (non-hydrogen) atoms. The minimum Gasteiger partial charge on any atom is -0.480 e. The Morgan fingerprint density at radius 2 is 0.883 bits per heavy atom. The van der Waals surface area contributed by atoms with Crippen molar-refractivity contribution in [1.82, 2.24) is 0 Å². The van der Waals surface area contributed by atoms with E-state index in [4.69, 9.17) is 24.8 Å². The van der Waals surface area contributed by atoms with Gasteiger partial charge in [0.2, 0.25) is 0 Å². The third-order valence-corrected chi connectivity index (χ3v) is 11.3. The van der Waals surface area contributed by atoms with Crippen molar-refractivity contribution in [2.75, 3.05) is 19.8 Å². The molecule has 4 N–H and O–H groups in total. The van der Waals surface area contributed by atoms with E-state index < -0.39 is 51.1 Å². The summed E-state index contributed by atoms with van der Waals surface area (Å²) in [6.07, 6.45) is 47.7. The average Bonchev–Trinajstić information content (AvgIpc) is 3.22. The summed E-state index contributed by atoms with van der Waals surface area (Å²) < 4.78 is 32.8. The SMILES string of the molecule is CCCCC/C=C/C/C=C/CCCCCCCCCCCC(=O)O[C@H](COC(=O)CCCCCCCCC/C=C/CCCCCCCC)COP(=O)(O)OC[C@H](N)C(=O)O. The largest absolute Gasteiger partial charge is 0.480 e. The maximum absolute atomic E-state index is 12.7. The van der Waals surface area contributed by atoms with Gasteiger partial charge in [0.1, 0.15) is 12.6 Å². The van der Waals surface area contributed by atoms with Gasteiger partial charge in [-0.05, 0) is 70.6 Å². The molecule has 0 aromatic rings. The molecule has 0 amide bonds. The number of carboxylic acid groups (broad SMARTS) is 1. The van der Waals surface area contributed by atoms with Gasteiger partial charge >= 0.3 is 25.7 Å². The zero-order chi connectivity index (χ0) is 44.2. The first-order valence-corrected chi connectivity index (χ1v) is 25.5. The second-order valence-corrected chi connectivity index (χ2v) is 17.7.